The van der Waals surface area contributed by atoms with E-state index in [4.69, 9.17) is 0 Å². The molecule has 0 aromatic carbocycles. The van der Waals surface area contributed by atoms with Crippen molar-refractivity contribution in [2.75, 3.05) is 25.0 Å². The van der Waals surface area contributed by atoms with E-state index < -0.39 is 0 Å². The lowest BCUT2D eigenvalue weighted by molar-refractivity contribution is -0.138. The minimum atomic E-state index is -0.259. The van der Waals surface area contributed by atoms with Crippen LogP contribution in [0.5, 0.6) is 0 Å². The first-order valence-corrected chi connectivity index (χ1v) is 12.6. The molecule has 31 heavy (non-hydrogen) atoms. The predicted octanol–water partition coefficient (Wildman–Crippen LogP) is 3.97. The third kappa shape index (κ3) is 7.02. The molecule has 1 aromatic rings. The summed E-state index contributed by atoms with van der Waals surface area (Å²) in [6.45, 7) is 4.11. The Morgan fingerprint density at radius 3 is 2.55 bits per heavy atom. The van der Waals surface area contributed by atoms with Gasteiger partial charge in [-0.15, -0.1) is 11.3 Å². The number of hydrogen-bond acceptors (Lipinski definition) is 5. The van der Waals surface area contributed by atoms with Crippen LogP contribution in [0.1, 0.15) is 77.6 Å². The van der Waals surface area contributed by atoms with Crippen molar-refractivity contribution < 1.29 is 14.4 Å². The van der Waals surface area contributed by atoms with Crippen LogP contribution in [0.3, 0.4) is 0 Å². The summed E-state index contributed by atoms with van der Waals surface area (Å²) in [5.41, 5.74) is -0.259. The highest BCUT2D eigenvalue weighted by atomic mass is 32.1. The number of likely N-dealkylation sites (tertiary alicyclic amines) is 1. The SMILES string of the molecule is CCCCNC(=O)C1CCN(C(=O)CC2(CC(=O)Nc3nccs3)CCCCC2)CC1. The van der Waals surface area contributed by atoms with Gasteiger partial charge in [0.25, 0.3) is 0 Å². The van der Waals surface area contributed by atoms with Crippen molar-refractivity contribution in [1.29, 1.82) is 0 Å². The normalized spacial score (nSPS) is 19.1. The molecule has 2 N–H and O–H groups in total. The quantitative estimate of drug-likeness (QED) is 0.559. The molecule has 2 heterocycles. The Bertz CT molecular complexity index is 723. The summed E-state index contributed by atoms with van der Waals surface area (Å²) >= 11 is 1.41. The molecule has 0 bridgehead atoms. The average molecular weight is 449 g/mol. The smallest absolute Gasteiger partial charge is 0.226 e. The second-order valence-corrected chi connectivity index (χ2v) is 9.99. The van der Waals surface area contributed by atoms with Gasteiger partial charge in [-0.3, -0.25) is 14.4 Å². The van der Waals surface area contributed by atoms with E-state index in [1.165, 1.54) is 17.8 Å². The molecule has 3 amide bonds. The molecule has 3 rings (SSSR count). The monoisotopic (exact) mass is 448 g/mol. The lowest BCUT2D eigenvalue weighted by Crippen LogP contribution is -2.45. The zero-order valence-corrected chi connectivity index (χ0v) is 19.5. The number of nitrogens with zero attached hydrogens (tertiary/aromatic N) is 2. The third-order valence-electron chi connectivity index (χ3n) is 6.70. The van der Waals surface area contributed by atoms with E-state index in [2.05, 4.69) is 22.5 Å². The van der Waals surface area contributed by atoms with Crippen LogP contribution in [0.2, 0.25) is 0 Å². The van der Waals surface area contributed by atoms with E-state index in [0.717, 1.165) is 57.9 Å². The second kappa shape index (κ2) is 11.6. The number of rotatable bonds is 9. The molecule has 172 valence electrons. The van der Waals surface area contributed by atoms with Crippen molar-refractivity contribution in [3.8, 4) is 0 Å². The first-order chi connectivity index (χ1) is 15.0. The van der Waals surface area contributed by atoms with Gasteiger partial charge in [0.05, 0.1) is 0 Å². The maximum atomic E-state index is 13.1. The zero-order valence-electron chi connectivity index (χ0n) is 18.7. The Labute approximate surface area is 189 Å². The number of anilines is 1. The summed E-state index contributed by atoms with van der Waals surface area (Å²) in [5.74, 6) is 0.220. The molecular weight excluding hydrogens is 412 g/mol. The van der Waals surface area contributed by atoms with Crippen LogP contribution in [-0.4, -0.2) is 47.2 Å². The van der Waals surface area contributed by atoms with Crippen molar-refractivity contribution in [3.63, 3.8) is 0 Å². The summed E-state index contributed by atoms with van der Waals surface area (Å²) in [4.78, 5) is 44.1. The summed E-state index contributed by atoms with van der Waals surface area (Å²) in [6.07, 6.45) is 11.1. The van der Waals surface area contributed by atoms with Gasteiger partial charge in [0.2, 0.25) is 17.7 Å². The van der Waals surface area contributed by atoms with Crippen molar-refractivity contribution in [3.05, 3.63) is 11.6 Å². The van der Waals surface area contributed by atoms with Crippen LogP contribution >= 0.6 is 11.3 Å². The lowest BCUT2D eigenvalue weighted by Gasteiger charge is -2.39. The molecular formula is C23H36N4O3S. The molecule has 8 heteroatoms. The Hall–Kier alpha value is -1.96. The minimum absolute atomic E-state index is 0.00798. The van der Waals surface area contributed by atoms with Crippen LogP contribution in [0.4, 0.5) is 5.13 Å². The van der Waals surface area contributed by atoms with Crippen LogP contribution in [0.25, 0.3) is 0 Å². The first kappa shape index (κ1) is 23.7. The number of carbonyl (C=O) groups is 3. The molecule has 1 aromatic heterocycles. The molecule has 2 fully saturated rings. The Balaban J connectivity index is 1.51. The van der Waals surface area contributed by atoms with Gasteiger partial charge in [-0.25, -0.2) is 4.98 Å². The standard InChI is InChI=1S/C23H36N4O3S/c1-2-3-11-24-21(30)18-7-13-27(14-8-18)20(29)17-23(9-5-4-6-10-23)16-19(28)26-22-25-12-15-31-22/h12,15,18H,2-11,13-14,16-17H2,1H3,(H,24,30)(H,25,26,28). The molecule has 7 nitrogen and oxygen atoms in total. The van der Waals surface area contributed by atoms with E-state index in [-0.39, 0.29) is 29.1 Å². The Morgan fingerprint density at radius 1 is 1.16 bits per heavy atom. The van der Waals surface area contributed by atoms with Crippen LogP contribution in [0.15, 0.2) is 11.6 Å². The van der Waals surface area contributed by atoms with Gasteiger partial charge in [-0.1, -0.05) is 32.6 Å². The predicted molar refractivity (Wildman–Crippen MR) is 123 cm³/mol. The topological polar surface area (TPSA) is 91.4 Å². The van der Waals surface area contributed by atoms with E-state index in [1.54, 1.807) is 6.20 Å². The fraction of sp³-hybridized carbons (Fsp3) is 0.739. The summed E-state index contributed by atoms with van der Waals surface area (Å²) in [7, 11) is 0. The molecule has 1 saturated heterocycles. The highest BCUT2D eigenvalue weighted by Gasteiger charge is 2.38. The van der Waals surface area contributed by atoms with Crippen molar-refractivity contribution in [1.82, 2.24) is 15.2 Å². The van der Waals surface area contributed by atoms with Crippen LogP contribution in [-0.2, 0) is 14.4 Å². The molecule has 0 atom stereocenters. The molecule has 0 unspecified atom stereocenters. The third-order valence-corrected chi connectivity index (χ3v) is 7.39. The van der Waals surface area contributed by atoms with Gasteiger partial charge in [-0.2, -0.15) is 0 Å². The summed E-state index contributed by atoms with van der Waals surface area (Å²) in [5, 5.41) is 8.35. The summed E-state index contributed by atoms with van der Waals surface area (Å²) in [6, 6.07) is 0. The van der Waals surface area contributed by atoms with E-state index in [0.29, 0.717) is 31.1 Å². The Kier molecular flexibility index (Phi) is 8.87. The second-order valence-electron chi connectivity index (χ2n) is 9.10. The lowest BCUT2D eigenvalue weighted by atomic mass is 9.69. The fourth-order valence-electron chi connectivity index (χ4n) is 4.86. The number of nitrogens with one attached hydrogen (secondary N) is 2. The van der Waals surface area contributed by atoms with Gasteiger partial charge in [0, 0.05) is 50.0 Å². The number of amides is 3. The molecule has 1 aliphatic carbocycles. The van der Waals surface area contributed by atoms with Gasteiger partial charge in [0.1, 0.15) is 0 Å². The van der Waals surface area contributed by atoms with Gasteiger partial charge >= 0.3 is 0 Å². The molecule has 0 spiro atoms. The largest absolute Gasteiger partial charge is 0.356 e. The first-order valence-electron chi connectivity index (χ1n) is 11.8. The van der Waals surface area contributed by atoms with Gasteiger partial charge in [-0.05, 0) is 37.5 Å². The highest BCUT2D eigenvalue weighted by molar-refractivity contribution is 7.13. The number of hydrogen-bond donors (Lipinski definition) is 2. The maximum absolute atomic E-state index is 13.1. The average Bonchev–Trinajstić information content (AvgIpc) is 3.27. The maximum Gasteiger partial charge on any atom is 0.226 e. The van der Waals surface area contributed by atoms with E-state index in [9.17, 15) is 14.4 Å². The fourth-order valence-corrected chi connectivity index (χ4v) is 5.41. The van der Waals surface area contributed by atoms with E-state index in [1.807, 2.05) is 10.3 Å². The summed E-state index contributed by atoms with van der Waals surface area (Å²) < 4.78 is 0. The molecule has 2 aliphatic rings. The number of piperidine rings is 1. The number of thiazole rings is 1. The van der Waals surface area contributed by atoms with Gasteiger partial charge < -0.3 is 15.5 Å². The number of carbonyl (C=O) groups excluding carboxylic acids is 3. The minimum Gasteiger partial charge on any atom is -0.356 e. The van der Waals surface area contributed by atoms with Crippen LogP contribution in [0, 0.1) is 11.3 Å². The zero-order chi connectivity index (χ0) is 22.1. The Morgan fingerprint density at radius 2 is 1.90 bits per heavy atom. The van der Waals surface area contributed by atoms with Crippen molar-refractivity contribution in [2.45, 2.75) is 77.6 Å². The van der Waals surface area contributed by atoms with Gasteiger partial charge in [0.15, 0.2) is 5.13 Å². The number of unbranched alkanes of at least 4 members (excludes halogenated alkanes) is 1. The molecule has 1 aliphatic heterocycles. The highest BCUT2D eigenvalue weighted by Crippen LogP contribution is 2.43. The van der Waals surface area contributed by atoms with Crippen molar-refractivity contribution >= 4 is 34.2 Å². The van der Waals surface area contributed by atoms with Crippen molar-refractivity contribution in [2.24, 2.45) is 11.3 Å². The number of aromatic nitrogens is 1. The van der Waals surface area contributed by atoms with Crippen LogP contribution < -0.4 is 10.6 Å². The molecule has 0 radical (unpaired) electrons. The van der Waals surface area contributed by atoms with E-state index >= 15 is 0 Å². The molecule has 1 saturated carbocycles.